The molecule has 0 spiro atoms. The van der Waals surface area contributed by atoms with Crippen LogP contribution in [0.1, 0.15) is 15.9 Å². The lowest BCUT2D eigenvalue weighted by atomic mass is 10.1. The second kappa shape index (κ2) is 7.54. The van der Waals surface area contributed by atoms with E-state index < -0.39 is 6.09 Å². The molecule has 0 radical (unpaired) electrons. The van der Waals surface area contributed by atoms with E-state index in [-0.39, 0.29) is 5.91 Å². The number of benzene rings is 2. The highest BCUT2D eigenvalue weighted by Crippen LogP contribution is 2.22. The fraction of sp³-hybridized carbons (Fsp3) is 0.0588. The molecular weight excluding hydrogens is 340 g/mol. The molecule has 2 N–H and O–H groups in total. The lowest BCUT2D eigenvalue weighted by Gasteiger charge is -2.19. The summed E-state index contributed by atoms with van der Waals surface area (Å²) in [4.78, 5) is 25.1. The molecule has 0 aliphatic carbocycles. The van der Waals surface area contributed by atoms with Gasteiger partial charge in [-0.2, -0.15) is 0 Å². The number of carbonyl (C=O) groups is 2. The van der Waals surface area contributed by atoms with Crippen molar-refractivity contribution in [1.29, 1.82) is 0 Å². The summed E-state index contributed by atoms with van der Waals surface area (Å²) >= 11 is 1.28. The highest BCUT2D eigenvalue weighted by atomic mass is 32.1. The number of rotatable bonds is 5. The van der Waals surface area contributed by atoms with Crippen molar-refractivity contribution in [3.05, 3.63) is 71.2 Å². The van der Waals surface area contributed by atoms with Gasteiger partial charge in [-0.05, 0) is 29.8 Å². The summed E-state index contributed by atoms with van der Waals surface area (Å²) in [5.74, 6) is -0.234. The van der Waals surface area contributed by atoms with E-state index in [1.165, 1.54) is 11.3 Å². The molecule has 0 aliphatic rings. The SMILES string of the molecule is O=C(O)Nc1ccc(C(=O)N(Cc2ccccc2)c2nncs2)cc1. The zero-order valence-electron chi connectivity index (χ0n) is 13.0. The van der Waals surface area contributed by atoms with E-state index in [2.05, 4.69) is 15.5 Å². The number of anilines is 2. The summed E-state index contributed by atoms with van der Waals surface area (Å²) in [5.41, 5.74) is 3.37. The largest absolute Gasteiger partial charge is 0.465 e. The number of carboxylic acid groups (broad SMARTS) is 1. The second-order valence-corrected chi connectivity index (χ2v) is 5.92. The van der Waals surface area contributed by atoms with Gasteiger partial charge in [-0.3, -0.25) is 15.0 Å². The first-order chi connectivity index (χ1) is 12.1. The molecule has 2 aromatic carbocycles. The normalized spacial score (nSPS) is 10.2. The monoisotopic (exact) mass is 354 g/mol. The van der Waals surface area contributed by atoms with Crippen LogP contribution in [-0.4, -0.2) is 27.3 Å². The van der Waals surface area contributed by atoms with Crippen molar-refractivity contribution in [2.75, 3.05) is 10.2 Å². The molecule has 0 fully saturated rings. The van der Waals surface area contributed by atoms with Gasteiger partial charge in [-0.15, -0.1) is 10.2 Å². The number of carbonyl (C=O) groups excluding carboxylic acids is 1. The van der Waals surface area contributed by atoms with Crippen molar-refractivity contribution >= 4 is 34.2 Å². The van der Waals surface area contributed by atoms with Gasteiger partial charge in [-0.25, -0.2) is 4.79 Å². The van der Waals surface area contributed by atoms with Gasteiger partial charge < -0.3 is 5.11 Å². The molecule has 1 aromatic heterocycles. The van der Waals surface area contributed by atoms with E-state index in [1.807, 2.05) is 30.3 Å². The molecule has 8 heteroatoms. The Hall–Kier alpha value is -3.26. The first kappa shape index (κ1) is 16.6. The van der Waals surface area contributed by atoms with Crippen molar-refractivity contribution in [1.82, 2.24) is 10.2 Å². The van der Waals surface area contributed by atoms with Gasteiger partial charge in [0, 0.05) is 11.3 Å². The van der Waals surface area contributed by atoms with Gasteiger partial charge in [0.05, 0.1) is 6.54 Å². The highest BCUT2D eigenvalue weighted by Gasteiger charge is 2.20. The predicted molar refractivity (Wildman–Crippen MR) is 95.0 cm³/mol. The summed E-state index contributed by atoms with van der Waals surface area (Å²) < 4.78 is 0. The molecule has 7 nitrogen and oxygen atoms in total. The Labute approximate surface area is 147 Å². The van der Waals surface area contributed by atoms with Gasteiger partial charge in [0.25, 0.3) is 5.91 Å². The Morgan fingerprint density at radius 2 is 1.80 bits per heavy atom. The maximum atomic E-state index is 12.9. The van der Waals surface area contributed by atoms with E-state index in [9.17, 15) is 9.59 Å². The third kappa shape index (κ3) is 4.18. The summed E-state index contributed by atoms with van der Waals surface area (Å²) in [6, 6.07) is 15.8. The van der Waals surface area contributed by atoms with Crippen LogP contribution in [-0.2, 0) is 6.54 Å². The maximum absolute atomic E-state index is 12.9. The van der Waals surface area contributed by atoms with Crippen LogP contribution in [0.4, 0.5) is 15.6 Å². The zero-order valence-corrected chi connectivity index (χ0v) is 13.8. The number of hydrogen-bond acceptors (Lipinski definition) is 5. The summed E-state index contributed by atoms with van der Waals surface area (Å²) in [7, 11) is 0. The molecule has 0 saturated carbocycles. The molecule has 25 heavy (non-hydrogen) atoms. The minimum Gasteiger partial charge on any atom is -0.465 e. The minimum absolute atomic E-state index is 0.234. The van der Waals surface area contributed by atoms with E-state index in [0.717, 1.165) is 5.56 Å². The third-order valence-corrected chi connectivity index (χ3v) is 4.10. The fourth-order valence-electron chi connectivity index (χ4n) is 2.25. The van der Waals surface area contributed by atoms with Crippen LogP contribution in [0.15, 0.2) is 60.1 Å². The quantitative estimate of drug-likeness (QED) is 0.731. The number of aromatic nitrogens is 2. The van der Waals surface area contributed by atoms with Gasteiger partial charge in [-0.1, -0.05) is 41.7 Å². The molecule has 0 aliphatic heterocycles. The van der Waals surface area contributed by atoms with Gasteiger partial charge >= 0.3 is 6.09 Å². The predicted octanol–water partition coefficient (Wildman–Crippen LogP) is 3.48. The number of nitrogens with zero attached hydrogens (tertiary/aromatic N) is 3. The zero-order chi connectivity index (χ0) is 17.6. The van der Waals surface area contributed by atoms with Crippen molar-refractivity contribution in [3.8, 4) is 0 Å². The lowest BCUT2D eigenvalue weighted by Crippen LogP contribution is -2.30. The standard InChI is InChI=1S/C17H14N4O3S/c22-15(13-6-8-14(9-7-13)19-17(23)24)21(16-20-18-11-25-16)10-12-4-2-1-3-5-12/h1-9,11,19H,10H2,(H,23,24). The molecule has 1 heterocycles. The van der Waals surface area contributed by atoms with Gasteiger partial charge in [0.15, 0.2) is 0 Å². The molecule has 0 atom stereocenters. The van der Waals surface area contributed by atoms with Crippen LogP contribution < -0.4 is 10.2 Å². The van der Waals surface area contributed by atoms with E-state index in [1.54, 1.807) is 34.7 Å². The Balaban J connectivity index is 1.85. The fourth-order valence-corrected chi connectivity index (χ4v) is 2.81. The number of amides is 2. The van der Waals surface area contributed by atoms with Gasteiger partial charge in [0.2, 0.25) is 5.13 Å². The van der Waals surface area contributed by atoms with E-state index in [4.69, 9.17) is 5.11 Å². The molecule has 2 amide bonds. The molecule has 3 rings (SSSR count). The Morgan fingerprint density at radius 1 is 1.08 bits per heavy atom. The van der Waals surface area contributed by atoms with Crippen LogP contribution in [0, 0.1) is 0 Å². The Kier molecular flexibility index (Phi) is 5.00. The van der Waals surface area contributed by atoms with Crippen molar-refractivity contribution < 1.29 is 14.7 Å². The van der Waals surface area contributed by atoms with Crippen LogP contribution in [0.2, 0.25) is 0 Å². The summed E-state index contributed by atoms with van der Waals surface area (Å²) in [6.07, 6.45) is -1.15. The van der Waals surface area contributed by atoms with Gasteiger partial charge in [0.1, 0.15) is 5.51 Å². The number of hydrogen-bond donors (Lipinski definition) is 2. The maximum Gasteiger partial charge on any atom is 0.409 e. The second-order valence-electron chi connectivity index (χ2n) is 5.11. The van der Waals surface area contributed by atoms with Crippen molar-refractivity contribution in [2.24, 2.45) is 0 Å². The smallest absolute Gasteiger partial charge is 0.409 e. The topological polar surface area (TPSA) is 95.4 Å². The highest BCUT2D eigenvalue weighted by molar-refractivity contribution is 7.13. The number of nitrogens with one attached hydrogen (secondary N) is 1. The Morgan fingerprint density at radius 3 is 2.40 bits per heavy atom. The first-order valence-corrected chi connectivity index (χ1v) is 8.23. The van der Waals surface area contributed by atoms with E-state index >= 15 is 0 Å². The summed E-state index contributed by atoms with van der Waals surface area (Å²) in [6.45, 7) is 0.365. The minimum atomic E-state index is -1.15. The molecule has 0 saturated heterocycles. The van der Waals surface area contributed by atoms with Crippen LogP contribution in [0.5, 0.6) is 0 Å². The molecule has 126 valence electrons. The average molecular weight is 354 g/mol. The summed E-state index contributed by atoms with van der Waals surface area (Å²) in [5, 5.41) is 19.3. The first-order valence-electron chi connectivity index (χ1n) is 7.35. The van der Waals surface area contributed by atoms with E-state index in [0.29, 0.717) is 22.9 Å². The van der Waals surface area contributed by atoms with Crippen LogP contribution >= 0.6 is 11.3 Å². The average Bonchev–Trinajstić information content (AvgIpc) is 3.14. The lowest BCUT2D eigenvalue weighted by molar-refractivity contribution is 0.0985. The van der Waals surface area contributed by atoms with Crippen molar-refractivity contribution in [2.45, 2.75) is 6.54 Å². The third-order valence-electron chi connectivity index (χ3n) is 3.39. The van der Waals surface area contributed by atoms with Crippen LogP contribution in [0.3, 0.4) is 0 Å². The molecular formula is C17H14N4O3S. The molecule has 0 bridgehead atoms. The van der Waals surface area contributed by atoms with Crippen LogP contribution in [0.25, 0.3) is 0 Å². The Bertz CT molecular complexity index is 851. The molecule has 3 aromatic rings. The van der Waals surface area contributed by atoms with Crippen molar-refractivity contribution in [3.63, 3.8) is 0 Å². The molecule has 0 unspecified atom stereocenters.